The van der Waals surface area contributed by atoms with Crippen molar-refractivity contribution in [2.45, 2.75) is 38.1 Å². The van der Waals surface area contributed by atoms with Gasteiger partial charge < -0.3 is 9.32 Å². The number of nitrogens with zero attached hydrogens (tertiary/aromatic N) is 4. The molecule has 28 heavy (non-hydrogen) atoms. The van der Waals surface area contributed by atoms with E-state index in [0.717, 1.165) is 43.4 Å². The number of amides is 1. The van der Waals surface area contributed by atoms with E-state index in [4.69, 9.17) is 4.42 Å². The molecule has 1 aliphatic heterocycles. The van der Waals surface area contributed by atoms with E-state index in [1.165, 1.54) is 10.7 Å². The molecule has 1 amide bonds. The molecule has 0 radical (unpaired) electrons. The van der Waals surface area contributed by atoms with Crippen LogP contribution < -0.4 is 5.56 Å². The summed E-state index contributed by atoms with van der Waals surface area (Å²) in [5.74, 6) is 0.559. The smallest absolute Gasteiger partial charge is 0.274 e. The third-order valence-corrected chi connectivity index (χ3v) is 5.64. The molecule has 0 unspecified atom stereocenters. The summed E-state index contributed by atoms with van der Waals surface area (Å²) >= 11 is 0. The molecular formula is C20H21N5O3. The summed E-state index contributed by atoms with van der Waals surface area (Å²) < 4.78 is 6.89. The number of hydrogen-bond donors (Lipinski definition) is 1. The van der Waals surface area contributed by atoms with Crippen LogP contribution in [0.25, 0.3) is 11.5 Å². The zero-order chi connectivity index (χ0) is 19.1. The molecule has 0 saturated carbocycles. The maximum atomic E-state index is 13.1. The van der Waals surface area contributed by atoms with Crippen LogP contribution in [0.15, 0.2) is 39.7 Å². The third kappa shape index (κ3) is 2.85. The van der Waals surface area contributed by atoms with Crippen LogP contribution in [0.5, 0.6) is 0 Å². The van der Waals surface area contributed by atoms with Gasteiger partial charge in [0.2, 0.25) is 0 Å². The standard InChI is InChI=1S/C20H21N5O3/c26-18-9-8-16(17-7-3-11-28-17)23-25(18)13-4-2-10-24(12-13)20(27)19-14-5-1-6-15(14)21-22-19/h3,7-9,11,13H,1-2,4-6,10,12H2,(H,21,22)/t13-/m1/s1. The molecule has 0 aromatic carbocycles. The maximum Gasteiger partial charge on any atom is 0.274 e. The van der Waals surface area contributed by atoms with E-state index >= 15 is 0 Å². The maximum absolute atomic E-state index is 13.1. The first-order chi connectivity index (χ1) is 13.7. The highest BCUT2D eigenvalue weighted by molar-refractivity contribution is 5.94. The summed E-state index contributed by atoms with van der Waals surface area (Å²) in [6.45, 7) is 1.12. The van der Waals surface area contributed by atoms with Gasteiger partial charge in [-0.05, 0) is 50.3 Å². The second kappa shape index (κ2) is 6.78. The molecule has 0 spiro atoms. The van der Waals surface area contributed by atoms with Gasteiger partial charge in [-0.25, -0.2) is 4.68 Å². The molecule has 5 rings (SSSR count). The molecular weight excluding hydrogens is 358 g/mol. The van der Waals surface area contributed by atoms with Crippen molar-refractivity contribution < 1.29 is 9.21 Å². The minimum Gasteiger partial charge on any atom is -0.463 e. The van der Waals surface area contributed by atoms with Crippen LogP contribution in [0.1, 0.15) is 47.1 Å². The fourth-order valence-electron chi connectivity index (χ4n) is 4.23. The quantitative estimate of drug-likeness (QED) is 0.752. The number of H-pyrrole nitrogens is 1. The lowest BCUT2D eigenvalue weighted by molar-refractivity contribution is 0.0663. The van der Waals surface area contributed by atoms with Gasteiger partial charge in [0.1, 0.15) is 5.69 Å². The minimum atomic E-state index is -0.171. The summed E-state index contributed by atoms with van der Waals surface area (Å²) in [7, 11) is 0. The van der Waals surface area contributed by atoms with E-state index in [1.54, 1.807) is 23.3 Å². The second-order valence-corrected chi connectivity index (χ2v) is 7.41. The number of rotatable bonds is 3. The topological polar surface area (TPSA) is 97.0 Å². The zero-order valence-corrected chi connectivity index (χ0v) is 15.4. The molecule has 1 N–H and O–H groups in total. The first-order valence-corrected chi connectivity index (χ1v) is 9.70. The van der Waals surface area contributed by atoms with Crippen molar-refractivity contribution in [2.24, 2.45) is 0 Å². The van der Waals surface area contributed by atoms with Crippen molar-refractivity contribution in [1.29, 1.82) is 0 Å². The van der Waals surface area contributed by atoms with Gasteiger partial charge >= 0.3 is 0 Å². The summed E-state index contributed by atoms with van der Waals surface area (Å²) in [6, 6.07) is 6.61. The van der Waals surface area contributed by atoms with Crippen molar-refractivity contribution >= 4 is 5.91 Å². The highest BCUT2D eigenvalue weighted by atomic mass is 16.3. The number of furan rings is 1. The number of fused-ring (bicyclic) bond motifs is 1. The van der Waals surface area contributed by atoms with Gasteiger partial charge in [0.25, 0.3) is 11.5 Å². The Morgan fingerprint density at radius 2 is 2.14 bits per heavy atom. The van der Waals surface area contributed by atoms with Crippen molar-refractivity contribution in [2.75, 3.05) is 13.1 Å². The number of aromatic amines is 1. The van der Waals surface area contributed by atoms with Crippen molar-refractivity contribution in [1.82, 2.24) is 24.9 Å². The van der Waals surface area contributed by atoms with E-state index in [-0.39, 0.29) is 17.5 Å². The fraction of sp³-hybridized carbons (Fsp3) is 0.400. The molecule has 144 valence electrons. The molecule has 4 heterocycles. The number of aryl methyl sites for hydroxylation is 1. The average Bonchev–Trinajstić information content (AvgIpc) is 3.46. The zero-order valence-electron chi connectivity index (χ0n) is 15.4. The summed E-state index contributed by atoms with van der Waals surface area (Å²) in [5.41, 5.74) is 3.12. The Hall–Kier alpha value is -3.16. The van der Waals surface area contributed by atoms with Crippen molar-refractivity contribution in [3.63, 3.8) is 0 Å². The number of likely N-dealkylation sites (tertiary alicyclic amines) is 1. The van der Waals surface area contributed by atoms with E-state index in [9.17, 15) is 9.59 Å². The lowest BCUT2D eigenvalue weighted by atomic mass is 10.0. The number of hydrogen-bond acceptors (Lipinski definition) is 5. The lowest BCUT2D eigenvalue weighted by Gasteiger charge is -2.32. The first-order valence-electron chi connectivity index (χ1n) is 9.70. The Morgan fingerprint density at radius 3 is 3.00 bits per heavy atom. The highest BCUT2D eigenvalue weighted by Crippen LogP contribution is 2.27. The van der Waals surface area contributed by atoms with Crippen LogP contribution in [-0.2, 0) is 12.8 Å². The SMILES string of the molecule is O=C(c1n[nH]c2c1CCC2)N1CCC[C@@H](n2nc(-c3ccco3)ccc2=O)C1. The summed E-state index contributed by atoms with van der Waals surface area (Å²) in [6.07, 6.45) is 6.12. The predicted octanol–water partition coefficient (Wildman–Crippen LogP) is 2.19. The van der Waals surface area contributed by atoms with Crippen LogP contribution in [0.3, 0.4) is 0 Å². The van der Waals surface area contributed by atoms with E-state index in [2.05, 4.69) is 15.3 Å². The average molecular weight is 379 g/mol. The van der Waals surface area contributed by atoms with Crippen LogP contribution in [0, 0.1) is 0 Å². The Balaban J connectivity index is 1.41. The Morgan fingerprint density at radius 1 is 1.21 bits per heavy atom. The van der Waals surface area contributed by atoms with E-state index in [0.29, 0.717) is 30.2 Å². The number of aromatic nitrogens is 4. The number of piperidine rings is 1. The van der Waals surface area contributed by atoms with Gasteiger partial charge in [-0.2, -0.15) is 10.2 Å². The molecule has 2 aliphatic rings. The number of carbonyl (C=O) groups excluding carboxylic acids is 1. The molecule has 3 aromatic heterocycles. The Kier molecular flexibility index (Phi) is 4.11. The largest absolute Gasteiger partial charge is 0.463 e. The van der Waals surface area contributed by atoms with Crippen LogP contribution in [0.4, 0.5) is 0 Å². The minimum absolute atomic E-state index is 0.0562. The molecule has 1 aliphatic carbocycles. The Labute approximate surface area is 161 Å². The van der Waals surface area contributed by atoms with Crippen molar-refractivity contribution in [3.05, 3.63) is 57.8 Å². The van der Waals surface area contributed by atoms with Crippen LogP contribution in [-0.4, -0.2) is 43.9 Å². The summed E-state index contributed by atoms with van der Waals surface area (Å²) in [4.78, 5) is 27.3. The van der Waals surface area contributed by atoms with Gasteiger partial charge in [-0.3, -0.25) is 14.7 Å². The van der Waals surface area contributed by atoms with Crippen LogP contribution in [0.2, 0.25) is 0 Å². The molecule has 1 atom stereocenters. The Bertz CT molecular complexity index is 1070. The molecule has 8 heteroatoms. The normalized spacial score (nSPS) is 19.0. The molecule has 3 aromatic rings. The molecule has 0 bridgehead atoms. The van der Waals surface area contributed by atoms with Gasteiger partial charge in [0, 0.05) is 30.4 Å². The number of carbonyl (C=O) groups is 1. The van der Waals surface area contributed by atoms with Crippen molar-refractivity contribution in [3.8, 4) is 11.5 Å². The monoisotopic (exact) mass is 379 g/mol. The van der Waals surface area contributed by atoms with Crippen LogP contribution >= 0.6 is 0 Å². The highest BCUT2D eigenvalue weighted by Gasteiger charge is 2.31. The first kappa shape index (κ1) is 17.0. The molecule has 1 fully saturated rings. The van der Waals surface area contributed by atoms with Gasteiger partial charge in [0.15, 0.2) is 11.5 Å². The lowest BCUT2D eigenvalue weighted by Crippen LogP contribution is -2.43. The van der Waals surface area contributed by atoms with E-state index in [1.807, 2.05) is 6.07 Å². The molecule has 1 saturated heterocycles. The van der Waals surface area contributed by atoms with Gasteiger partial charge in [-0.15, -0.1) is 0 Å². The molecule has 8 nitrogen and oxygen atoms in total. The van der Waals surface area contributed by atoms with Gasteiger partial charge in [0.05, 0.1) is 12.3 Å². The predicted molar refractivity (Wildman–Crippen MR) is 101 cm³/mol. The number of nitrogens with one attached hydrogen (secondary N) is 1. The van der Waals surface area contributed by atoms with E-state index < -0.39 is 0 Å². The second-order valence-electron chi connectivity index (χ2n) is 7.41. The third-order valence-electron chi connectivity index (χ3n) is 5.64. The fourth-order valence-corrected chi connectivity index (χ4v) is 4.23. The summed E-state index contributed by atoms with van der Waals surface area (Å²) in [5, 5.41) is 11.8. The van der Waals surface area contributed by atoms with Gasteiger partial charge in [-0.1, -0.05) is 0 Å².